The van der Waals surface area contributed by atoms with E-state index in [9.17, 15) is 17.6 Å². The maximum Gasteiger partial charge on any atom is 0.303 e. The van der Waals surface area contributed by atoms with Gasteiger partial charge in [0, 0.05) is 20.2 Å². The average Bonchev–Trinajstić information content (AvgIpc) is 2.61. The molecule has 3 saturated carbocycles. The molecule has 0 saturated heterocycles. The molecule has 0 unspecified atom stereocenters. The van der Waals surface area contributed by atoms with Gasteiger partial charge < -0.3 is 4.74 Å². The van der Waals surface area contributed by atoms with Crippen molar-refractivity contribution < 1.29 is 22.3 Å². The summed E-state index contributed by atoms with van der Waals surface area (Å²) in [5, 5.41) is 0.0651. The number of fused-ring (bicyclic) bond motifs is 2. The maximum atomic E-state index is 14.4. The van der Waals surface area contributed by atoms with Crippen LogP contribution < -0.4 is 9.46 Å². The number of nitrogens with zero attached hydrogens (tertiary/aromatic N) is 1. The Labute approximate surface area is 170 Å². The molecule has 156 valence electrons. The Morgan fingerprint density at radius 3 is 2.61 bits per heavy atom. The Balaban J connectivity index is 1.69. The van der Waals surface area contributed by atoms with Gasteiger partial charge in [-0.25, -0.2) is 9.11 Å². The molecule has 0 heterocycles. The Kier molecular flexibility index (Phi) is 5.68. The number of hydrogen-bond acceptors (Lipinski definition) is 4. The molecule has 9 heteroatoms. The van der Waals surface area contributed by atoms with E-state index in [0.29, 0.717) is 23.9 Å². The molecule has 3 atom stereocenters. The lowest BCUT2D eigenvalue weighted by Crippen LogP contribution is -2.53. The molecule has 6 nitrogen and oxygen atoms in total. The molecule has 0 aliphatic heterocycles. The number of carbonyl (C=O) groups excluding carboxylic acids is 1. The van der Waals surface area contributed by atoms with Gasteiger partial charge in [-0.15, -0.1) is 0 Å². The second kappa shape index (κ2) is 7.46. The molecule has 0 spiro atoms. The summed E-state index contributed by atoms with van der Waals surface area (Å²) in [6.07, 6.45) is 3.48. The Morgan fingerprint density at radius 2 is 2.04 bits per heavy atom. The van der Waals surface area contributed by atoms with E-state index in [1.807, 2.05) is 0 Å². The molecule has 1 aromatic rings. The zero-order chi connectivity index (χ0) is 20.9. The molecular formula is C19H26ClFN2O4S. The van der Waals surface area contributed by atoms with Crippen molar-refractivity contribution in [3.8, 4) is 5.75 Å². The number of carbonyl (C=O) groups is 1. The number of ether oxygens (including phenoxy) is 1. The van der Waals surface area contributed by atoms with Crippen LogP contribution in [0.4, 0.5) is 4.39 Å². The van der Waals surface area contributed by atoms with Crippen LogP contribution in [0.5, 0.6) is 5.75 Å². The monoisotopic (exact) mass is 432 g/mol. The van der Waals surface area contributed by atoms with E-state index in [1.165, 1.54) is 26.9 Å². The molecule has 4 rings (SSSR count). The largest absolute Gasteiger partial charge is 0.492 e. The highest BCUT2D eigenvalue weighted by atomic mass is 35.5. The standard InChI is InChI=1S/C19H26ClFN2O4S/c1-19(2)12-6-5-11(14(19)7-12)10-27-17-9-16(21)13(8-15(17)20)18(24)22-28(25,26)23(3)4/h8-9,11-12,14H,5-7,10H2,1-4H3,(H,22,24)/t11-,12-,14-/m0/s1. The number of rotatable bonds is 6. The smallest absolute Gasteiger partial charge is 0.303 e. The van der Waals surface area contributed by atoms with E-state index < -0.39 is 27.5 Å². The van der Waals surface area contributed by atoms with Crippen molar-refractivity contribution in [2.24, 2.45) is 23.2 Å². The van der Waals surface area contributed by atoms with Crippen molar-refractivity contribution in [3.63, 3.8) is 0 Å². The molecule has 1 N–H and O–H groups in total. The molecule has 3 aliphatic carbocycles. The Hall–Kier alpha value is -1.38. The van der Waals surface area contributed by atoms with Gasteiger partial charge in [0.25, 0.3) is 5.91 Å². The highest BCUT2D eigenvalue weighted by molar-refractivity contribution is 7.87. The van der Waals surface area contributed by atoms with E-state index in [-0.39, 0.29) is 10.8 Å². The fourth-order valence-corrected chi connectivity index (χ4v) is 5.18. The summed E-state index contributed by atoms with van der Waals surface area (Å²) in [5.41, 5.74) is -0.135. The summed E-state index contributed by atoms with van der Waals surface area (Å²) >= 11 is 6.17. The van der Waals surface area contributed by atoms with E-state index >= 15 is 0 Å². The highest BCUT2D eigenvalue weighted by Crippen LogP contribution is 2.61. The van der Waals surface area contributed by atoms with Gasteiger partial charge in [0.15, 0.2) is 0 Å². The summed E-state index contributed by atoms with van der Waals surface area (Å²) in [5.74, 6) is -0.0484. The summed E-state index contributed by atoms with van der Waals surface area (Å²) in [7, 11) is -1.52. The molecule has 3 aliphatic rings. The van der Waals surface area contributed by atoms with Gasteiger partial charge in [0.2, 0.25) is 0 Å². The fraction of sp³-hybridized carbons (Fsp3) is 0.632. The first-order chi connectivity index (χ1) is 12.9. The molecule has 1 amide bonds. The van der Waals surface area contributed by atoms with Crippen LogP contribution >= 0.6 is 11.6 Å². The third-order valence-corrected chi connectivity index (χ3v) is 8.12. The Bertz CT molecular complexity index is 886. The zero-order valence-corrected chi connectivity index (χ0v) is 18.0. The summed E-state index contributed by atoms with van der Waals surface area (Å²) < 4.78 is 46.3. The maximum absolute atomic E-state index is 14.4. The predicted molar refractivity (Wildman–Crippen MR) is 105 cm³/mol. The van der Waals surface area contributed by atoms with Gasteiger partial charge >= 0.3 is 10.2 Å². The van der Waals surface area contributed by atoms with Crippen molar-refractivity contribution in [2.75, 3.05) is 20.7 Å². The zero-order valence-electron chi connectivity index (χ0n) is 16.5. The van der Waals surface area contributed by atoms with Crippen LogP contribution in [0.1, 0.15) is 43.5 Å². The van der Waals surface area contributed by atoms with Crippen molar-refractivity contribution in [1.29, 1.82) is 0 Å². The molecule has 2 bridgehead atoms. The minimum Gasteiger partial charge on any atom is -0.492 e. The van der Waals surface area contributed by atoms with Crippen LogP contribution in [-0.2, 0) is 10.2 Å². The van der Waals surface area contributed by atoms with E-state index in [2.05, 4.69) is 13.8 Å². The molecule has 28 heavy (non-hydrogen) atoms. The van der Waals surface area contributed by atoms with Crippen molar-refractivity contribution >= 4 is 27.7 Å². The van der Waals surface area contributed by atoms with Gasteiger partial charge in [-0.2, -0.15) is 12.7 Å². The third kappa shape index (κ3) is 3.86. The van der Waals surface area contributed by atoms with Crippen molar-refractivity contribution in [3.05, 3.63) is 28.5 Å². The third-order valence-electron chi connectivity index (χ3n) is 6.42. The van der Waals surface area contributed by atoms with Crippen molar-refractivity contribution in [1.82, 2.24) is 9.03 Å². The first kappa shape index (κ1) is 21.3. The van der Waals surface area contributed by atoms with E-state index in [4.69, 9.17) is 16.3 Å². The first-order valence-corrected chi connectivity index (χ1v) is 11.1. The lowest BCUT2D eigenvalue weighted by Gasteiger charge is -2.60. The topological polar surface area (TPSA) is 75.7 Å². The molecular weight excluding hydrogens is 407 g/mol. The summed E-state index contributed by atoms with van der Waals surface area (Å²) in [6.45, 7) is 5.03. The van der Waals surface area contributed by atoms with Crippen LogP contribution in [-0.4, -0.2) is 39.3 Å². The van der Waals surface area contributed by atoms with Crippen LogP contribution in [0, 0.1) is 29.0 Å². The quantitative estimate of drug-likeness (QED) is 0.746. The van der Waals surface area contributed by atoms with Crippen LogP contribution in [0.15, 0.2) is 12.1 Å². The van der Waals surface area contributed by atoms with Crippen LogP contribution in [0.3, 0.4) is 0 Å². The molecule has 1 aromatic carbocycles. The van der Waals surface area contributed by atoms with Gasteiger partial charge in [-0.1, -0.05) is 25.4 Å². The highest BCUT2D eigenvalue weighted by Gasteiger charge is 2.54. The van der Waals surface area contributed by atoms with Crippen LogP contribution in [0.2, 0.25) is 5.02 Å². The number of halogens is 2. The minimum atomic E-state index is -4.03. The average molecular weight is 433 g/mol. The molecule has 0 aromatic heterocycles. The fourth-order valence-electron chi connectivity index (χ4n) is 4.44. The summed E-state index contributed by atoms with van der Waals surface area (Å²) in [6, 6.07) is 2.13. The van der Waals surface area contributed by atoms with Gasteiger partial charge in [-0.3, -0.25) is 4.79 Å². The second-order valence-corrected chi connectivity index (χ2v) is 10.8. The summed E-state index contributed by atoms with van der Waals surface area (Å²) in [4.78, 5) is 12.1. The number of amides is 1. The number of nitrogens with one attached hydrogen (secondary N) is 1. The lowest BCUT2D eigenvalue weighted by molar-refractivity contribution is -0.114. The molecule has 0 radical (unpaired) electrons. The SMILES string of the molecule is CN(C)S(=O)(=O)NC(=O)c1cc(Cl)c(OC[C@@H]2CC[C@H]3C[C@@H]2C3(C)C)cc1F. The lowest BCUT2D eigenvalue weighted by atomic mass is 9.46. The van der Waals surface area contributed by atoms with Gasteiger partial charge in [0.1, 0.15) is 11.6 Å². The normalized spacial score (nSPS) is 25.9. The second-order valence-electron chi connectivity index (χ2n) is 8.49. The van der Waals surface area contributed by atoms with Crippen molar-refractivity contribution in [2.45, 2.75) is 33.1 Å². The number of hydrogen-bond donors (Lipinski definition) is 1. The predicted octanol–water partition coefficient (Wildman–Crippen LogP) is 3.47. The molecule has 3 fully saturated rings. The minimum absolute atomic E-state index is 0.0651. The number of benzene rings is 1. The first-order valence-electron chi connectivity index (χ1n) is 9.30. The van der Waals surface area contributed by atoms with Gasteiger partial charge in [-0.05, 0) is 48.5 Å². The van der Waals surface area contributed by atoms with Gasteiger partial charge in [0.05, 0.1) is 17.2 Å². The van der Waals surface area contributed by atoms with Crippen LogP contribution in [0.25, 0.3) is 0 Å². The Morgan fingerprint density at radius 1 is 1.36 bits per heavy atom. The van der Waals surface area contributed by atoms with E-state index in [1.54, 1.807) is 4.72 Å². The van der Waals surface area contributed by atoms with E-state index in [0.717, 1.165) is 28.8 Å².